The van der Waals surface area contributed by atoms with Crippen LogP contribution in [0.5, 0.6) is 0 Å². The molecule has 0 aliphatic rings. The number of aliphatic imine (C=N–C) groups is 2. The zero-order valence-corrected chi connectivity index (χ0v) is 12.7. The Morgan fingerprint density at radius 1 is 0.800 bits per heavy atom. The molecule has 15 heavy (non-hydrogen) atoms. The average molecular weight is 298 g/mol. The van der Waals surface area contributed by atoms with Gasteiger partial charge in [-0.15, -0.1) is 0 Å². The van der Waals surface area contributed by atoms with E-state index in [1.54, 1.807) is 12.4 Å². The van der Waals surface area contributed by atoms with Crippen LogP contribution in [-0.2, 0) is 12.9 Å². The van der Waals surface area contributed by atoms with E-state index >= 15 is 0 Å². The van der Waals surface area contributed by atoms with Gasteiger partial charge in [0, 0.05) is 12.4 Å². The summed E-state index contributed by atoms with van der Waals surface area (Å²) in [4.78, 5) is 8.57. The fourth-order valence-corrected chi connectivity index (χ4v) is 0.514. The molecule has 0 bridgehead atoms. The van der Waals surface area contributed by atoms with Gasteiger partial charge in [-0.2, -0.15) is 0 Å². The summed E-state index contributed by atoms with van der Waals surface area (Å²) in [6, 6.07) is 0. The molecule has 0 N–H and O–H groups in total. The summed E-state index contributed by atoms with van der Waals surface area (Å²) in [5.74, 6) is 0. The van der Waals surface area contributed by atoms with E-state index in [1.165, 1.54) is 0 Å². The second-order valence-electron chi connectivity index (χ2n) is 4.95. The Kier molecular flexibility index (Phi) is 10.2. The monoisotopic (exact) mass is 297 g/mol. The van der Waals surface area contributed by atoms with Crippen LogP contribution in [0.1, 0.15) is 41.5 Å². The molecule has 0 rings (SSSR count). The van der Waals surface area contributed by atoms with Crippen molar-refractivity contribution in [2.75, 3.05) is 0 Å². The van der Waals surface area contributed by atoms with Crippen LogP contribution in [0.3, 0.4) is 0 Å². The summed E-state index contributed by atoms with van der Waals surface area (Å²) in [5, 5.41) is 0. The van der Waals surface area contributed by atoms with E-state index in [-0.39, 0.29) is 11.1 Å². The van der Waals surface area contributed by atoms with E-state index < -0.39 is 0 Å². The third-order valence-electron chi connectivity index (χ3n) is 0.990. The summed E-state index contributed by atoms with van der Waals surface area (Å²) in [6.45, 7) is 12.4. The first-order valence-electron chi connectivity index (χ1n) is 4.55. The van der Waals surface area contributed by atoms with E-state index in [0.29, 0.717) is 12.9 Å². The SMILES string of the molecule is CC(C)(C)N=CC=NC(C)(C)C.[Cl][Co][Cl]. The van der Waals surface area contributed by atoms with Crippen LogP contribution in [0.2, 0.25) is 0 Å². The van der Waals surface area contributed by atoms with Crippen molar-refractivity contribution in [2.24, 2.45) is 9.98 Å². The van der Waals surface area contributed by atoms with Gasteiger partial charge in [0.05, 0.1) is 11.1 Å². The third-order valence-corrected chi connectivity index (χ3v) is 0.990. The normalized spacial score (nSPS) is 13.3. The number of halogens is 2. The van der Waals surface area contributed by atoms with Crippen molar-refractivity contribution < 1.29 is 12.9 Å². The Balaban J connectivity index is 0. The van der Waals surface area contributed by atoms with Crippen LogP contribution in [0, 0.1) is 0 Å². The number of hydrogen-bond donors (Lipinski definition) is 0. The van der Waals surface area contributed by atoms with Crippen molar-refractivity contribution in [3.8, 4) is 0 Å². The molecule has 93 valence electrons. The summed E-state index contributed by atoms with van der Waals surface area (Å²) in [5.41, 5.74) is 0.00775. The van der Waals surface area contributed by atoms with E-state index in [9.17, 15) is 0 Å². The standard InChI is InChI=1S/C10H20N2.2ClH.Co/c1-9(2,3)11-7-8-12-10(4,5)6;;;/h7-8H,1-6H3;2*1H;/q;;;+2/p-2. The minimum absolute atomic E-state index is 0.00387. The predicted molar refractivity (Wildman–Crippen MR) is 68.2 cm³/mol. The van der Waals surface area contributed by atoms with Gasteiger partial charge in [0.25, 0.3) is 0 Å². The van der Waals surface area contributed by atoms with Gasteiger partial charge in [-0.25, -0.2) is 0 Å². The zero-order chi connectivity index (χ0) is 12.5. The first-order valence-corrected chi connectivity index (χ1v) is 7.41. The average Bonchev–Trinajstić information content (AvgIpc) is 1.96. The van der Waals surface area contributed by atoms with Crippen molar-refractivity contribution in [1.82, 2.24) is 0 Å². The quantitative estimate of drug-likeness (QED) is 0.651. The number of nitrogens with zero attached hydrogens (tertiary/aromatic N) is 2. The molecule has 2 nitrogen and oxygen atoms in total. The molecule has 0 atom stereocenters. The topological polar surface area (TPSA) is 24.7 Å². The molecule has 0 aromatic rings. The van der Waals surface area contributed by atoms with E-state index in [1.807, 2.05) is 0 Å². The van der Waals surface area contributed by atoms with Gasteiger partial charge < -0.3 is 0 Å². The molecule has 0 aliphatic carbocycles. The van der Waals surface area contributed by atoms with Gasteiger partial charge >= 0.3 is 33.2 Å². The molecule has 0 heterocycles. The number of hydrogen-bond acceptors (Lipinski definition) is 2. The molecule has 0 aliphatic heterocycles. The van der Waals surface area contributed by atoms with Crippen LogP contribution in [0.25, 0.3) is 0 Å². The Hall–Kier alpha value is 0.426. The molecule has 0 saturated heterocycles. The molecular formula is C10H20Cl2CoN2. The maximum absolute atomic E-state index is 4.73. The van der Waals surface area contributed by atoms with Crippen LogP contribution in [0.15, 0.2) is 9.98 Å². The minimum atomic E-state index is 0.00387. The number of rotatable bonds is 1. The van der Waals surface area contributed by atoms with Crippen molar-refractivity contribution in [1.29, 1.82) is 0 Å². The summed E-state index contributed by atoms with van der Waals surface area (Å²) in [7, 11) is 9.47. The van der Waals surface area contributed by atoms with Crippen molar-refractivity contribution >= 4 is 32.7 Å². The van der Waals surface area contributed by atoms with Gasteiger partial charge in [0.1, 0.15) is 0 Å². The fourth-order valence-electron chi connectivity index (χ4n) is 0.514. The van der Waals surface area contributed by atoms with Crippen molar-refractivity contribution in [3.05, 3.63) is 0 Å². The second-order valence-corrected chi connectivity index (χ2v) is 6.67. The fraction of sp³-hybridized carbons (Fsp3) is 0.800. The van der Waals surface area contributed by atoms with Crippen LogP contribution in [-0.4, -0.2) is 23.5 Å². The van der Waals surface area contributed by atoms with Gasteiger partial charge in [-0.1, -0.05) is 0 Å². The first-order chi connectivity index (χ1) is 6.62. The second kappa shape index (κ2) is 8.56. The van der Waals surface area contributed by atoms with Gasteiger partial charge in [-0.05, 0) is 41.5 Å². The summed E-state index contributed by atoms with van der Waals surface area (Å²) >= 11 is 0.382. The van der Waals surface area contributed by atoms with Crippen molar-refractivity contribution in [3.63, 3.8) is 0 Å². The zero-order valence-electron chi connectivity index (χ0n) is 10.1. The molecule has 0 amide bonds. The summed E-state index contributed by atoms with van der Waals surface area (Å²) < 4.78 is 0. The molecule has 0 saturated carbocycles. The molecule has 0 unspecified atom stereocenters. The van der Waals surface area contributed by atoms with E-state index in [2.05, 4.69) is 51.5 Å². The molecule has 0 aromatic heterocycles. The Morgan fingerprint density at radius 2 is 1.00 bits per heavy atom. The predicted octanol–water partition coefficient (Wildman–Crippen LogP) is 4.10. The van der Waals surface area contributed by atoms with Crippen LogP contribution in [0.4, 0.5) is 0 Å². The summed E-state index contributed by atoms with van der Waals surface area (Å²) in [6.07, 6.45) is 3.54. The van der Waals surface area contributed by atoms with E-state index in [0.717, 1.165) is 0 Å². The van der Waals surface area contributed by atoms with Gasteiger partial charge in [-0.3, -0.25) is 9.98 Å². The molecule has 0 spiro atoms. The molecule has 0 aromatic carbocycles. The molecule has 0 radical (unpaired) electrons. The van der Waals surface area contributed by atoms with Gasteiger partial charge in [0.2, 0.25) is 0 Å². The Labute approximate surface area is 108 Å². The van der Waals surface area contributed by atoms with Gasteiger partial charge in [0.15, 0.2) is 0 Å². The molecular weight excluding hydrogens is 278 g/mol. The van der Waals surface area contributed by atoms with Crippen LogP contribution < -0.4 is 0 Å². The van der Waals surface area contributed by atoms with Crippen molar-refractivity contribution in [2.45, 2.75) is 52.6 Å². The third kappa shape index (κ3) is 25.1. The molecule has 5 heteroatoms. The Morgan fingerprint density at radius 3 is 1.13 bits per heavy atom. The van der Waals surface area contributed by atoms with Crippen LogP contribution >= 0.6 is 20.3 Å². The first kappa shape index (κ1) is 17.8. The van der Waals surface area contributed by atoms with E-state index in [4.69, 9.17) is 20.3 Å². The maximum atomic E-state index is 4.73. The Bertz CT molecular complexity index is 180. The molecule has 0 fully saturated rings.